The Morgan fingerprint density at radius 3 is 2.89 bits per heavy atom. The predicted molar refractivity (Wildman–Crippen MR) is 69.0 cm³/mol. The predicted octanol–water partition coefficient (Wildman–Crippen LogP) is 0.973. The summed E-state index contributed by atoms with van der Waals surface area (Å²) in [6, 6.07) is -0.507. The van der Waals surface area contributed by atoms with Crippen molar-refractivity contribution in [1.29, 1.82) is 0 Å². The number of ether oxygens (including phenoxy) is 2. The quantitative estimate of drug-likeness (QED) is 0.746. The van der Waals surface area contributed by atoms with Gasteiger partial charge < -0.3 is 15.2 Å². The average molecular weight is 254 g/mol. The van der Waals surface area contributed by atoms with Gasteiger partial charge in [-0.25, -0.2) is 4.79 Å². The highest BCUT2D eigenvalue weighted by atomic mass is 16.6. The number of hydrogen-bond acceptors (Lipinski definition) is 4. The van der Waals surface area contributed by atoms with Crippen LogP contribution in [0.3, 0.4) is 0 Å². The first-order valence-corrected chi connectivity index (χ1v) is 6.11. The summed E-state index contributed by atoms with van der Waals surface area (Å²) in [5, 5.41) is 0. The first-order chi connectivity index (χ1) is 8.35. The van der Waals surface area contributed by atoms with Crippen molar-refractivity contribution in [2.75, 3.05) is 19.8 Å². The molecule has 2 atom stereocenters. The molecule has 1 aliphatic heterocycles. The SMILES string of the molecule is C#CCC(N)C1COCCN1C(=O)OC(C)(C)C. The highest BCUT2D eigenvalue weighted by Gasteiger charge is 2.34. The van der Waals surface area contributed by atoms with E-state index in [2.05, 4.69) is 5.92 Å². The molecule has 0 aliphatic carbocycles. The molecule has 0 aromatic rings. The third-order valence-corrected chi connectivity index (χ3v) is 2.64. The minimum Gasteiger partial charge on any atom is -0.444 e. The van der Waals surface area contributed by atoms with Crippen LogP contribution in [-0.4, -0.2) is 48.4 Å². The Hall–Kier alpha value is -1.25. The van der Waals surface area contributed by atoms with Crippen LogP contribution in [-0.2, 0) is 9.47 Å². The van der Waals surface area contributed by atoms with Gasteiger partial charge in [0.25, 0.3) is 0 Å². The maximum absolute atomic E-state index is 12.1. The minimum atomic E-state index is -0.518. The molecule has 5 heteroatoms. The van der Waals surface area contributed by atoms with E-state index in [1.807, 2.05) is 20.8 Å². The Bertz CT molecular complexity index is 330. The summed E-state index contributed by atoms with van der Waals surface area (Å²) in [5.41, 5.74) is 5.46. The van der Waals surface area contributed by atoms with Crippen LogP contribution >= 0.6 is 0 Å². The lowest BCUT2D eigenvalue weighted by atomic mass is 10.0. The zero-order valence-electron chi connectivity index (χ0n) is 11.3. The third kappa shape index (κ3) is 4.21. The fourth-order valence-corrected chi connectivity index (χ4v) is 1.80. The molecule has 0 radical (unpaired) electrons. The number of morpholine rings is 1. The van der Waals surface area contributed by atoms with E-state index < -0.39 is 5.60 Å². The van der Waals surface area contributed by atoms with E-state index in [-0.39, 0.29) is 18.2 Å². The highest BCUT2D eigenvalue weighted by molar-refractivity contribution is 5.68. The minimum absolute atomic E-state index is 0.218. The van der Waals surface area contributed by atoms with Gasteiger partial charge >= 0.3 is 6.09 Å². The van der Waals surface area contributed by atoms with Crippen LogP contribution in [0, 0.1) is 12.3 Å². The second-order valence-corrected chi connectivity index (χ2v) is 5.39. The van der Waals surface area contributed by atoms with Crippen LogP contribution in [0.1, 0.15) is 27.2 Å². The van der Waals surface area contributed by atoms with Crippen molar-refractivity contribution in [2.45, 2.75) is 44.9 Å². The number of rotatable bonds is 2. The van der Waals surface area contributed by atoms with E-state index in [1.54, 1.807) is 4.90 Å². The summed E-state index contributed by atoms with van der Waals surface area (Å²) < 4.78 is 10.7. The molecule has 102 valence electrons. The van der Waals surface area contributed by atoms with Crippen molar-refractivity contribution in [3.05, 3.63) is 0 Å². The molecular weight excluding hydrogens is 232 g/mol. The van der Waals surface area contributed by atoms with E-state index in [4.69, 9.17) is 21.6 Å². The second-order valence-electron chi connectivity index (χ2n) is 5.39. The van der Waals surface area contributed by atoms with Gasteiger partial charge in [0.2, 0.25) is 0 Å². The molecule has 2 N–H and O–H groups in total. The van der Waals surface area contributed by atoms with Gasteiger partial charge in [0.1, 0.15) is 5.60 Å². The number of amides is 1. The highest BCUT2D eigenvalue weighted by Crippen LogP contribution is 2.16. The van der Waals surface area contributed by atoms with Gasteiger partial charge in [-0.15, -0.1) is 12.3 Å². The fraction of sp³-hybridized carbons (Fsp3) is 0.769. The van der Waals surface area contributed by atoms with Gasteiger partial charge in [0.05, 0.1) is 19.3 Å². The number of hydrogen-bond donors (Lipinski definition) is 1. The number of nitrogens with zero attached hydrogens (tertiary/aromatic N) is 1. The van der Waals surface area contributed by atoms with Gasteiger partial charge in [-0.2, -0.15) is 0 Å². The van der Waals surface area contributed by atoms with Crippen LogP contribution in [0.2, 0.25) is 0 Å². The number of carbonyl (C=O) groups is 1. The standard InChI is InChI=1S/C13H22N2O3/c1-5-6-10(14)11-9-17-8-7-15(11)12(16)18-13(2,3)4/h1,10-11H,6-9,14H2,2-4H3. The summed E-state index contributed by atoms with van der Waals surface area (Å²) >= 11 is 0. The monoisotopic (exact) mass is 254 g/mol. The molecule has 18 heavy (non-hydrogen) atoms. The Labute approximate surface area is 109 Å². The first-order valence-electron chi connectivity index (χ1n) is 6.11. The zero-order chi connectivity index (χ0) is 13.8. The van der Waals surface area contributed by atoms with Gasteiger partial charge in [0.15, 0.2) is 0 Å². The van der Waals surface area contributed by atoms with Crippen molar-refractivity contribution in [3.63, 3.8) is 0 Å². The maximum atomic E-state index is 12.1. The van der Waals surface area contributed by atoms with E-state index in [0.29, 0.717) is 26.2 Å². The lowest BCUT2D eigenvalue weighted by Crippen LogP contribution is -2.57. The zero-order valence-corrected chi connectivity index (χ0v) is 11.3. The number of carbonyl (C=O) groups excluding carboxylic acids is 1. The van der Waals surface area contributed by atoms with Gasteiger partial charge in [-0.1, -0.05) is 0 Å². The molecule has 2 unspecified atom stereocenters. The Morgan fingerprint density at radius 1 is 1.67 bits per heavy atom. The topological polar surface area (TPSA) is 64.8 Å². The van der Waals surface area contributed by atoms with E-state index in [1.165, 1.54) is 0 Å². The normalized spacial score (nSPS) is 22.2. The second kappa shape index (κ2) is 6.07. The van der Waals surface area contributed by atoms with Gasteiger partial charge in [-0.3, -0.25) is 4.90 Å². The number of nitrogens with two attached hydrogens (primary N) is 1. The van der Waals surface area contributed by atoms with Crippen molar-refractivity contribution < 1.29 is 14.3 Å². The van der Waals surface area contributed by atoms with Crippen LogP contribution < -0.4 is 5.73 Å². The van der Waals surface area contributed by atoms with Crippen molar-refractivity contribution in [2.24, 2.45) is 5.73 Å². The summed E-state index contributed by atoms with van der Waals surface area (Å²) in [5.74, 6) is 2.51. The van der Waals surface area contributed by atoms with Crippen LogP contribution in [0.15, 0.2) is 0 Å². The molecule has 1 saturated heterocycles. The van der Waals surface area contributed by atoms with E-state index in [0.717, 1.165) is 0 Å². The molecule has 5 nitrogen and oxygen atoms in total. The molecule has 1 amide bonds. The summed E-state index contributed by atoms with van der Waals surface area (Å²) in [6.07, 6.45) is 5.31. The van der Waals surface area contributed by atoms with E-state index >= 15 is 0 Å². The van der Waals surface area contributed by atoms with E-state index in [9.17, 15) is 4.79 Å². The maximum Gasteiger partial charge on any atom is 0.410 e. The Kier molecular flexibility index (Phi) is 5.00. The fourth-order valence-electron chi connectivity index (χ4n) is 1.80. The lowest BCUT2D eigenvalue weighted by molar-refractivity contribution is -0.0375. The summed E-state index contributed by atoms with van der Waals surface area (Å²) in [7, 11) is 0. The molecule has 0 aromatic heterocycles. The molecule has 0 spiro atoms. The molecule has 0 bridgehead atoms. The summed E-state index contributed by atoms with van der Waals surface area (Å²) in [6.45, 7) is 6.89. The van der Waals surface area contributed by atoms with Crippen molar-refractivity contribution in [1.82, 2.24) is 4.90 Å². The molecule has 1 rings (SSSR count). The Morgan fingerprint density at radius 2 is 2.33 bits per heavy atom. The molecule has 1 heterocycles. The van der Waals surface area contributed by atoms with Gasteiger partial charge in [-0.05, 0) is 20.8 Å². The van der Waals surface area contributed by atoms with Crippen LogP contribution in [0.5, 0.6) is 0 Å². The van der Waals surface area contributed by atoms with Crippen LogP contribution in [0.4, 0.5) is 4.79 Å². The summed E-state index contributed by atoms with van der Waals surface area (Å²) in [4.78, 5) is 13.7. The molecular formula is C13H22N2O3. The van der Waals surface area contributed by atoms with Gasteiger partial charge in [0, 0.05) is 19.0 Å². The van der Waals surface area contributed by atoms with Crippen LogP contribution in [0.25, 0.3) is 0 Å². The first kappa shape index (κ1) is 14.8. The molecule has 0 saturated carbocycles. The van der Waals surface area contributed by atoms with Crippen molar-refractivity contribution in [3.8, 4) is 12.3 Å². The number of terminal acetylenes is 1. The molecule has 1 aliphatic rings. The average Bonchev–Trinajstić information content (AvgIpc) is 2.27. The lowest BCUT2D eigenvalue weighted by Gasteiger charge is -2.38. The molecule has 0 aromatic carbocycles. The molecule has 1 fully saturated rings. The smallest absolute Gasteiger partial charge is 0.410 e. The largest absolute Gasteiger partial charge is 0.444 e. The Balaban J connectivity index is 2.70. The van der Waals surface area contributed by atoms with Crippen molar-refractivity contribution >= 4 is 6.09 Å². The third-order valence-electron chi connectivity index (χ3n) is 2.64.